The fraction of sp³-hybridized carbons (Fsp3) is 0.412. The highest BCUT2D eigenvalue weighted by Crippen LogP contribution is 2.32. The predicted molar refractivity (Wildman–Crippen MR) is 94.9 cm³/mol. The lowest BCUT2D eigenvalue weighted by atomic mass is 10.0. The Labute approximate surface area is 144 Å². The van der Waals surface area contributed by atoms with Gasteiger partial charge in [-0.2, -0.15) is 0 Å². The molecule has 1 atom stereocenters. The molecule has 1 aromatic heterocycles. The molecule has 1 N–H and O–H groups in total. The highest BCUT2D eigenvalue weighted by molar-refractivity contribution is 7.19. The smallest absolute Gasteiger partial charge is 0.323 e. The number of thiazole rings is 1. The average Bonchev–Trinajstić information content (AvgIpc) is 2.98. The number of halogens is 1. The third kappa shape index (κ3) is 3.91. The largest absolute Gasteiger partial charge is 0.465 e. The van der Waals surface area contributed by atoms with Gasteiger partial charge in [-0.15, -0.1) is 11.3 Å². The number of nitrogens with zero attached hydrogens (tertiary/aromatic N) is 1. The summed E-state index contributed by atoms with van der Waals surface area (Å²) in [5.74, 6) is -0.173. The number of esters is 1. The molecule has 3 rings (SSSR count). The van der Waals surface area contributed by atoms with E-state index in [1.54, 1.807) is 11.3 Å². The number of hydrogen-bond donors (Lipinski definition) is 1. The van der Waals surface area contributed by atoms with Crippen LogP contribution in [0.2, 0.25) is 5.02 Å². The molecule has 0 amide bonds. The molecule has 4 nitrogen and oxygen atoms in total. The van der Waals surface area contributed by atoms with Crippen LogP contribution in [-0.4, -0.2) is 30.1 Å². The molecule has 0 saturated carbocycles. The minimum atomic E-state index is -0.289. The second-order valence-electron chi connectivity index (χ2n) is 5.55. The van der Waals surface area contributed by atoms with Crippen molar-refractivity contribution in [2.24, 2.45) is 0 Å². The van der Waals surface area contributed by atoms with Gasteiger partial charge in [0.05, 0.1) is 16.8 Å². The summed E-state index contributed by atoms with van der Waals surface area (Å²) in [5.41, 5.74) is 2.04. The Hall–Kier alpha value is -1.43. The number of carbonyl (C=O) groups excluding carboxylic acids is 1. The molecular formula is C17H19ClN2O2S. The second kappa shape index (κ2) is 7.43. The zero-order chi connectivity index (χ0) is 16.2. The molecule has 0 saturated heterocycles. The van der Waals surface area contributed by atoms with Crippen LogP contribution in [0.4, 0.5) is 0 Å². The van der Waals surface area contributed by atoms with Gasteiger partial charge in [-0.05, 0) is 30.2 Å². The van der Waals surface area contributed by atoms with Crippen LogP contribution >= 0.6 is 22.9 Å². The topological polar surface area (TPSA) is 51.2 Å². The van der Waals surface area contributed by atoms with Crippen molar-refractivity contribution in [2.75, 3.05) is 13.2 Å². The van der Waals surface area contributed by atoms with Crippen molar-refractivity contribution in [2.45, 2.75) is 32.2 Å². The van der Waals surface area contributed by atoms with Crippen molar-refractivity contribution < 1.29 is 9.53 Å². The molecule has 2 heterocycles. The maximum atomic E-state index is 12.1. The molecule has 2 aromatic rings. The van der Waals surface area contributed by atoms with E-state index in [2.05, 4.69) is 23.3 Å². The van der Waals surface area contributed by atoms with E-state index in [-0.39, 0.29) is 12.0 Å². The number of nitrogens with one attached hydrogen (secondary N) is 1. The van der Waals surface area contributed by atoms with Gasteiger partial charge in [-0.1, -0.05) is 31.0 Å². The summed E-state index contributed by atoms with van der Waals surface area (Å²) < 4.78 is 6.38. The van der Waals surface area contributed by atoms with Crippen LogP contribution in [0, 0.1) is 0 Å². The molecule has 23 heavy (non-hydrogen) atoms. The first-order valence-corrected chi connectivity index (χ1v) is 9.02. The first-order valence-electron chi connectivity index (χ1n) is 7.83. The maximum absolute atomic E-state index is 12.1. The van der Waals surface area contributed by atoms with Crippen LogP contribution in [0.3, 0.4) is 0 Å². The third-order valence-electron chi connectivity index (χ3n) is 3.79. The van der Waals surface area contributed by atoms with Crippen molar-refractivity contribution >= 4 is 44.7 Å². The lowest BCUT2D eigenvalue weighted by Gasteiger charge is -2.21. The molecular weight excluding hydrogens is 332 g/mol. The Morgan fingerprint density at radius 3 is 3.22 bits per heavy atom. The van der Waals surface area contributed by atoms with E-state index in [1.807, 2.05) is 18.2 Å². The standard InChI is InChI=1S/C17H19ClN2O2S/c1-2-3-8-22-17(21)14-9-11(6-7-19-14)16-20-13-5-4-12(18)10-15(13)23-16/h4-6,10,14,19H,2-3,7-9H2,1H3. The molecule has 0 bridgehead atoms. The lowest BCUT2D eigenvalue weighted by Crippen LogP contribution is -2.40. The van der Waals surface area contributed by atoms with Crippen molar-refractivity contribution in [3.05, 3.63) is 34.3 Å². The summed E-state index contributed by atoms with van der Waals surface area (Å²) in [6.45, 7) is 3.22. The highest BCUT2D eigenvalue weighted by Gasteiger charge is 2.25. The van der Waals surface area contributed by atoms with Gasteiger partial charge in [0.15, 0.2) is 0 Å². The number of unbranched alkanes of at least 4 members (excludes halogenated alkanes) is 1. The molecule has 1 unspecified atom stereocenters. The van der Waals surface area contributed by atoms with Gasteiger partial charge in [0.2, 0.25) is 0 Å². The molecule has 0 radical (unpaired) electrons. The van der Waals surface area contributed by atoms with Gasteiger partial charge >= 0.3 is 5.97 Å². The van der Waals surface area contributed by atoms with Crippen molar-refractivity contribution in [1.82, 2.24) is 10.3 Å². The monoisotopic (exact) mass is 350 g/mol. The Balaban J connectivity index is 1.72. The number of carbonyl (C=O) groups is 1. The molecule has 1 aliphatic rings. The molecule has 1 aliphatic heterocycles. The van der Waals surface area contributed by atoms with E-state index >= 15 is 0 Å². The highest BCUT2D eigenvalue weighted by atomic mass is 35.5. The summed E-state index contributed by atoms with van der Waals surface area (Å²) in [7, 11) is 0. The second-order valence-corrected chi connectivity index (χ2v) is 7.01. The van der Waals surface area contributed by atoms with Gasteiger partial charge in [0.25, 0.3) is 0 Å². The summed E-state index contributed by atoms with van der Waals surface area (Å²) in [6.07, 6.45) is 4.62. The molecule has 0 aliphatic carbocycles. The van der Waals surface area contributed by atoms with Gasteiger partial charge < -0.3 is 10.1 Å². The summed E-state index contributed by atoms with van der Waals surface area (Å²) in [4.78, 5) is 16.8. The Bertz CT molecular complexity index is 741. The molecule has 1 aromatic carbocycles. The predicted octanol–water partition coefficient (Wildman–Crippen LogP) is 4.04. The fourth-order valence-corrected chi connectivity index (χ4v) is 3.79. The van der Waals surface area contributed by atoms with Gasteiger partial charge in [0.1, 0.15) is 11.0 Å². The van der Waals surface area contributed by atoms with Crippen molar-refractivity contribution in [3.63, 3.8) is 0 Å². The van der Waals surface area contributed by atoms with Crippen LogP contribution in [0.5, 0.6) is 0 Å². The lowest BCUT2D eigenvalue weighted by molar-refractivity contribution is -0.146. The van der Waals surface area contributed by atoms with Crippen LogP contribution in [0.15, 0.2) is 24.3 Å². The van der Waals surface area contributed by atoms with Crippen LogP contribution in [-0.2, 0) is 9.53 Å². The number of rotatable bonds is 5. The van der Waals surface area contributed by atoms with Gasteiger partial charge in [-0.3, -0.25) is 4.79 Å². The number of ether oxygens (including phenoxy) is 1. The maximum Gasteiger partial charge on any atom is 0.323 e. The Morgan fingerprint density at radius 2 is 2.39 bits per heavy atom. The number of fused-ring (bicyclic) bond motifs is 1. The van der Waals surface area contributed by atoms with Crippen LogP contribution in [0.1, 0.15) is 31.2 Å². The summed E-state index contributed by atoms with van der Waals surface area (Å²) in [6, 6.07) is 5.41. The average molecular weight is 351 g/mol. The van der Waals surface area contributed by atoms with E-state index in [0.29, 0.717) is 24.6 Å². The van der Waals surface area contributed by atoms with Crippen molar-refractivity contribution in [1.29, 1.82) is 0 Å². The third-order valence-corrected chi connectivity index (χ3v) is 5.12. The minimum Gasteiger partial charge on any atom is -0.465 e. The van der Waals surface area contributed by atoms with Gasteiger partial charge in [-0.25, -0.2) is 4.98 Å². The SMILES string of the molecule is CCCCOC(=O)C1CC(c2nc3ccc(Cl)cc3s2)=CCN1. The zero-order valence-corrected chi connectivity index (χ0v) is 14.5. The number of aromatic nitrogens is 1. The van der Waals surface area contributed by atoms with Crippen molar-refractivity contribution in [3.8, 4) is 0 Å². The Morgan fingerprint density at radius 1 is 1.52 bits per heavy atom. The fourth-order valence-electron chi connectivity index (χ4n) is 2.49. The van der Waals surface area contributed by atoms with E-state index in [0.717, 1.165) is 33.6 Å². The number of hydrogen-bond acceptors (Lipinski definition) is 5. The van der Waals surface area contributed by atoms with Crippen LogP contribution < -0.4 is 5.32 Å². The van der Waals surface area contributed by atoms with E-state index in [1.165, 1.54) is 0 Å². The molecule has 0 fully saturated rings. The first-order chi connectivity index (χ1) is 11.2. The first kappa shape index (κ1) is 16.4. The summed E-state index contributed by atoms with van der Waals surface area (Å²) >= 11 is 7.64. The normalized spacial score (nSPS) is 18.0. The van der Waals surface area contributed by atoms with E-state index in [9.17, 15) is 4.79 Å². The van der Waals surface area contributed by atoms with E-state index in [4.69, 9.17) is 16.3 Å². The van der Waals surface area contributed by atoms with E-state index < -0.39 is 0 Å². The quantitative estimate of drug-likeness (QED) is 0.653. The minimum absolute atomic E-state index is 0.173. The van der Waals surface area contributed by atoms with Gasteiger partial charge in [0, 0.05) is 18.0 Å². The summed E-state index contributed by atoms with van der Waals surface area (Å²) in [5, 5.41) is 4.86. The number of benzene rings is 1. The molecule has 122 valence electrons. The zero-order valence-electron chi connectivity index (χ0n) is 13.0. The molecule has 6 heteroatoms. The van der Waals surface area contributed by atoms with Crippen LogP contribution in [0.25, 0.3) is 15.8 Å². The molecule has 0 spiro atoms. The Kier molecular flexibility index (Phi) is 5.30.